The van der Waals surface area contributed by atoms with Crippen LogP contribution in [0.5, 0.6) is 0 Å². The number of halogens is 1. The van der Waals surface area contributed by atoms with E-state index in [4.69, 9.17) is 5.11 Å². The Kier molecular flexibility index (Phi) is 6.81. The number of nitrogens with one attached hydrogen (secondary N) is 1. The monoisotopic (exact) mass is 409 g/mol. The molecule has 27 heavy (non-hydrogen) atoms. The third-order valence-electron chi connectivity index (χ3n) is 4.33. The van der Waals surface area contributed by atoms with Crippen molar-refractivity contribution in [1.82, 2.24) is 15.2 Å². The molecular weight excluding hydrogens is 389 g/mol. The van der Waals surface area contributed by atoms with E-state index < -0.39 is 5.97 Å². The molecule has 2 heterocycles. The molecule has 144 valence electrons. The highest BCUT2D eigenvalue weighted by atomic mass is 32.2. The summed E-state index contributed by atoms with van der Waals surface area (Å²) in [6.07, 6.45) is 1.37. The number of aromatic nitrogens is 1. The normalized spacial score (nSPS) is 16.9. The Balaban J connectivity index is 1.44. The van der Waals surface area contributed by atoms with Gasteiger partial charge in [-0.15, -0.1) is 11.3 Å². The second-order valence-corrected chi connectivity index (χ2v) is 8.39. The zero-order chi connectivity index (χ0) is 19.2. The third kappa shape index (κ3) is 5.50. The largest absolute Gasteiger partial charge is 0.476 e. The van der Waals surface area contributed by atoms with Gasteiger partial charge >= 0.3 is 5.97 Å². The van der Waals surface area contributed by atoms with Crippen LogP contribution in [-0.2, 0) is 11.3 Å². The summed E-state index contributed by atoms with van der Waals surface area (Å²) in [5.74, 6) is -0.457. The molecule has 0 bridgehead atoms. The number of likely N-dealkylation sites (tertiary alicyclic amines) is 1. The van der Waals surface area contributed by atoms with E-state index >= 15 is 0 Å². The Morgan fingerprint density at radius 2 is 2.19 bits per heavy atom. The molecule has 1 aromatic carbocycles. The first-order valence-corrected chi connectivity index (χ1v) is 10.5. The topological polar surface area (TPSA) is 82.5 Å². The van der Waals surface area contributed by atoms with Crippen molar-refractivity contribution < 1.29 is 19.1 Å². The summed E-state index contributed by atoms with van der Waals surface area (Å²) >= 11 is 2.77. The maximum atomic E-state index is 12.9. The standard InChI is InChI=1S/C18H20FN3O3S2/c19-13-3-1-12(2-4-13)9-20-10-14-5-6-16(23)22(14)7-8-26-18-21-15(11-27-18)17(24)25/h1-4,11,14,20H,5-10H2,(H,24,25)/t14-/m1/s1. The van der Waals surface area contributed by atoms with Gasteiger partial charge in [-0.3, -0.25) is 4.79 Å². The number of benzene rings is 1. The lowest BCUT2D eigenvalue weighted by molar-refractivity contribution is -0.128. The first-order valence-electron chi connectivity index (χ1n) is 8.59. The van der Waals surface area contributed by atoms with Crippen molar-refractivity contribution in [1.29, 1.82) is 0 Å². The van der Waals surface area contributed by atoms with Gasteiger partial charge in [-0.25, -0.2) is 14.2 Å². The first-order chi connectivity index (χ1) is 13.0. The van der Waals surface area contributed by atoms with Gasteiger partial charge in [-0.05, 0) is 24.1 Å². The van der Waals surface area contributed by atoms with Crippen LogP contribution in [0.15, 0.2) is 34.0 Å². The first kappa shape index (κ1) is 19.8. The van der Waals surface area contributed by atoms with Crippen molar-refractivity contribution in [3.05, 3.63) is 46.7 Å². The van der Waals surface area contributed by atoms with E-state index in [0.717, 1.165) is 12.0 Å². The molecule has 6 nitrogen and oxygen atoms in total. The maximum absolute atomic E-state index is 12.9. The molecule has 0 radical (unpaired) electrons. The minimum absolute atomic E-state index is 0.0580. The van der Waals surface area contributed by atoms with Crippen molar-refractivity contribution in [2.45, 2.75) is 29.8 Å². The zero-order valence-electron chi connectivity index (χ0n) is 14.6. The number of amides is 1. The molecule has 0 saturated carbocycles. The summed E-state index contributed by atoms with van der Waals surface area (Å²) in [5, 5.41) is 13.8. The predicted molar refractivity (Wildman–Crippen MR) is 103 cm³/mol. The highest BCUT2D eigenvalue weighted by Crippen LogP contribution is 2.24. The number of carbonyl (C=O) groups excluding carboxylic acids is 1. The van der Waals surface area contributed by atoms with Crippen molar-refractivity contribution in [2.75, 3.05) is 18.8 Å². The number of aromatic carboxylic acids is 1. The van der Waals surface area contributed by atoms with Crippen LogP contribution in [0.25, 0.3) is 0 Å². The number of rotatable bonds is 9. The van der Waals surface area contributed by atoms with Crippen molar-refractivity contribution >= 4 is 35.0 Å². The lowest BCUT2D eigenvalue weighted by atomic mass is 10.2. The number of thiazole rings is 1. The zero-order valence-corrected chi connectivity index (χ0v) is 16.2. The number of thioether (sulfide) groups is 1. The molecule has 1 saturated heterocycles. The van der Waals surface area contributed by atoms with E-state index in [1.807, 2.05) is 4.90 Å². The quantitative estimate of drug-likeness (QED) is 0.620. The number of hydrogen-bond donors (Lipinski definition) is 2. The van der Waals surface area contributed by atoms with Gasteiger partial charge < -0.3 is 15.3 Å². The van der Waals surface area contributed by atoms with Crippen LogP contribution in [0.4, 0.5) is 4.39 Å². The minimum atomic E-state index is -1.03. The molecule has 1 aromatic heterocycles. The lowest BCUT2D eigenvalue weighted by Gasteiger charge is -2.25. The fourth-order valence-corrected chi connectivity index (χ4v) is 4.76. The van der Waals surface area contributed by atoms with Gasteiger partial charge in [0.2, 0.25) is 5.91 Å². The highest BCUT2D eigenvalue weighted by molar-refractivity contribution is 8.01. The van der Waals surface area contributed by atoms with Gasteiger partial charge in [0.15, 0.2) is 10.0 Å². The molecule has 2 aromatic rings. The molecule has 0 aliphatic carbocycles. The smallest absolute Gasteiger partial charge is 0.355 e. The summed E-state index contributed by atoms with van der Waals surface area (Å²) < 4.78 is 13.6. The summed E-state index contributed by atoms with van der Waals surface area (Å²) in [6.45, 7) is 1.92. The molecule has 1 amide bonds. The Labute approximate surface area is 164 Å². The number of hydrogen-bond acceptors (Lipinski definition) is 6. The average molecular weight is 410 g/mol. The Morgan fingerprint density at radius 3 is 2.89 bits per heavy atom. The van der Waals surface area contributed by atoms with Gasteiger partial charge in [0, 0.05) is 43.2 Å². The molecule has 1 aliphatic heterocycles. The van der Waals surface area contributed by atoms with Crippen LogP contribution in [0.3, 0.4) is 0 Å². The number of carboxylic acids is 1. The third-order valence-corrected chi connectivity index (χ3v) is 6.34. The molecule has 3 rings (SSSR count). The molecule has 1 atom stereocenters. The van der Waals surface area contributed by atoms with Crippen LogP contribution in [0.1, 0.15) is 28.9 Å². The predicted octanol–water partition coefficient (Wildman–Crippen LogP) is 2.85. The van der Waals surface area contributed by atoms with Crippen LogP contribution < -0.4 is 5.32 Å². The van der Waals surface area contributed by atoms with Gasteiger partial charge in [-0.2, -0.15) is 0 Å². The molecule has 1 fully saturated rings. The average Bonchev–Trinajstić information content (AvgIpc) is 3.25. The number of nitrogens with zero attached hydrogens (tertiary/aromatic N) is 2. The van der Waals surface area contributed by atoms with Gasteiger partial charge in [-0.1, -0.05) is 23.9 Å². The second-order valence-electron chi connectivity index (χ2n) is 6.19. The number of carboxylic acid groups (broad SMARTS) is 1. The Bertz CT molecular complexity index is 797. The Hall–Kier alpha value is -1.97. The summed E-state index contributed by atoms with van der Waals surface area (Å²) in [7, 11) is 0. The van der Waals surface area contributed by atoms with Crippen LogP contribution in [0, 0.1) is 5.82 Å². The van der Waals surface area contributed by atoms with Crippen molar-refractivity contribution in [3.8, 4) is 0 Å². The van der Waals surface area contributed by atoms with Crippen molar-refractivity contribution in [3.63, 3.8) is 0 Å². The number of carbonyl (C=O) groups is 2. The minimum Gasteiger partial charge on any atom is -0.476 e. The summed E-state index contributed by atoms with van der Waals surface area (Å²) in [5.41, 5.74) is 1.06. The summed E-state index contributed by atoms with van der Waals surface area (Å²) in [6, 6.07) is 6.51. The van der Waals surface area contributed by atoms with E-state index in [-0.39, 0.29) is 23.5 Å². The lowest BCUT2D eigenvalue weighted by Crippen LogP contribution is -2.41. The maximum Gasteiger partial charge on any atom is 0.355 e. The van der Waals surface area contributed by atoms with Crippen LogP contribution in [0.2, 0.25) is 0 Å². The van der Waals surface area contributed by atoms with Crippen LogP contribution in [-0.4, -0.2) is 51.8 Å². The molecule has 1 aliphatic rings. The van der Waals surface area contributed by atoms with Crippen molar-refractivity contribution in [2.24, 2.45) is 0 Å². The molecule has 0 unspecified atom stereocenters. The SMILES string of the molecule is O=C(O)c1csc(SCCN2C(=O)CC[C@@H]2CNCc2ccc(F)cc2)n1. The fraction of sp³-hybridized carbons (Fsp3) is 0.389. The molecule has 0 spiro atoms. The second kappa shape index (κ2) is 9.29. The molecule has 9 heteroatoms. The van der Waals surface area contributed by atoms with E-state index in [1.165, 1.54) is 40.6 Å². The Morgan fingerprint density at radius 1 is 1.41 bits per heavy atom. The summed E-state index contributed by atoms with van der Waals surface area (Å²) in [4.78, 5) is 28.9. The van der Waals surface area contributed by atoms with Gasteiger partial charge in [0.05, 0.1) is 0 Å². The van der Waals surface area contributed by atoms with E-state index in [0.29, 0.717) is 36.1 Å². The van der Waals surface area contributed by atoms with Crippen LogP contribution >= 0.6 is 23.1 Å². The van der Waals surface area contributed by atoms with Gasteiger partial charge in [0.1, 0.15) is 5.82 Å². The molecule has 2 N–H and O–H groups in total. The molecular formula is C18H20FN3O3S2. The van der Waals surface area contributed by atoms with E-state index in [9.17, 15) is 14.0 Å². The van der Waals surface area contributed by atoms with E-state index in [1.54, 1.807) is 12.1 Å². The fourth-order valence-electron chi connectivity index (χ4n) is 2.95. The van der Waals surface area contributed by atoms with Gasteiger partial charge in [0.25, 0.3) is 0 Å². The highest BCUT2D eigenvalue weighted by Gasteiger charge is 2.30. The van der Waals surface area contributed by atoms with E-state index in [2.05, 4.69) is 10.3 Å².